The molecule has 2 rings (SSSR count). The average molecular weight is 279 g/mol. The second kappa shape index (κ2) is 6.98. The van der Waals surface area contributed by atoms with E-state index in [1.165, 1.54) is 0 Å². The Kier molecular flexibility index (Phi) is 5.03. The number of hydrogen-bond acceptors (Lipinski definition) is 3. The minimum Gasteiger partial charge on any atom is -0.469 e. The molecule has 2 atom stereocenters. The fraction of sp³-hybridized carbons (Fsp3) is 0.571. The van der Waals surface area contributed by atoms with E-state index in [9.17, 15) is 9.59 Å². The van der Waals surface area contributed by atoms with Crippen LogP contribution in [-0.4, -0.2) is 30.6 Å². The van der Waals surface area contributed by atoms with Crippen LogP contribution in [0.1, 0.15) is 31.9 Å². The fourth-order valence-corrected chi connectivity index (χ4v) is 2.28. The highest BCUT2D eigenvalue weighted by Crippen LogP contribution is 2.06. The van der Waals surface area contributed by atoms with Gasteiger partial charge >= 0.3 is 6.03 Å². The second-order valence-electron chi connectivity index (χ2n) is 5.14. The van der Waals surface area contributed by atoms with Gasteiger partial charge in [-0.3, -0.25) is 4.79 Å². The van der Waals surface area contributed by atoms with Gasteiger partial charge in [0.2, 0.25) is 5.91 Å². The molecule has 0 spiro atoms. The average Bonchev–Trinajstić information content (AvgIpc) is 2.81. The Labute approximate surface area is 118 Å². The highest BCUT2D eigenvalue weighted by molar-refractivity contribution is 5.87. The van der Waals surface area contributed by atoms with E-state index in [2.05, 4.69) is 16.0 Å². The number of amides is 3. The smallest absolute Gasteiger partial charge is 0.315 e. The van der Waals surface area contributed by atoms with Crippen molar-refractivity contribution in [1.29, 1.82) is 0 Å². The zero-order valence-corrected chi connectivity index (χ0v) is 11.6. The van der Waals surface area contributed by atoms with E-state index in [4.69, 9.17) is 4.42 Å². The molecular formula is C14H21N3O3. The van der Waals surface area contributed by atoms with Crippen LogP contribution in [0.5, 0.6) is 0 Å². The van der Waals surface area contributed by atoms with Crippen molar-refractivity contribution in [3.8, 4) is 0 Å². The van der Waals surface area contributed by atoms with Crippen LogP contribution < -0.4 is 16.0 Å². The van der Waals surface area contributed by atoms with Gasteiger partial charge in [0.1, 0.15) is 11.8 Å². The molecule has 3 N–H and O–H groups in total. The van der Waals surface area contributed by atoms with Gasteiger partial charge in [0.15, 0.2) is 0 Å². The molecule has 2 heterocycles. The molecule has 110 valence electrons. The Morgan fingerprint density at radius 3 is 3.15 bits per heavy atom. The molecule has 1 fully saturated rings. The number of rotatable bonds is 4. The van der Waals surface area contributed by atoms with Crippen molar-refractivity contribution in [1.82, 2.24) is 16.0 Å². The molecule has 1 saturated heterocycles. The van der Waals surface area contributed by atoms with Gasteiger partial charge in [-0.1, -0.05) is 0 Å². The first kappa shape index (κ1) is 14.4. The van der Waals surface area contributed by atoms with E-state index in [0.717, 1.165) is 18.6 Å². The Balaban J connectivity index is 1.77. The fourth-order valence-electron chi connectivity index (χ4n) is 2.28. The SMILES string of the molecule is C[C@@H](Cc1ccco1)NC(=O)N[C@@H]1CCCCNC1=O. The van der Waals surface area contributed by atoms with Gasteiger partial charge in [-0.25, -0.2) is 4.79 Å². The van der Waals surface area contributed by atoms with Crippen molar-refractivity contribution in [3.63, 3.8) is 0 Å². The van der Waals surface area contributed by atoms with Crippen molar-refractivity contribution in [2.75, 3.05) is 6.54 Å². The molecule has 1 aliphatic rings. The standard InChI is InChI=1S/C14H21N3O3/c1-10(9-11-5-4-8-20-11)16-14(19)17-12-6-2-3-7-15-13(12)18/h4-5,8,10,12H,2-3,6-7,9H2,1H3,(H,15,18)(H2,16,17,19)/t10-,12+/m0/s1. The number of nitrogens with one attached hydrogen (secondary N) is 3. The van der Waals surface area contributed by atoms with Crippen LogP contribution in [0.4, 0.5) is 4.79 Å². The molecule has 0 aromatic carbocycles. The summed E-state index contributed by atoms with van der Waals surface area (Å²) in [5.74, 6) is 0.723. The molecule has 0 bridgehead atoms. The monoisotopic (exact) mass is 279 g/mol. The molecule has 0 radical (unpaired) electrons. The van der Waals surface area contributed by atoms with E-state index in [1.54, 1.807) is 6.26 Å². The Morgan fingerprint density at radius 1 is 1.55 bits per heavy atom. The first-order valence-electron chi connectivity index (χ1n) is 7.02. The maximum atomic E-state index is 11.9. The summed E-state index contributed by atoms with van der Waals surface area (Å²) in [6.45, 7) is 2.59. The first-order chi connectivity index (χ1) is 9.65. The number of hydrogen-bond donors (Lipinski definition) is 3. The molecule has 6 heteroatoms. The van der Waals surface area contributed by atoms with Gasteiger partial charge in [-0.05, 0) is 38.3 Å². The summed E-state index contributed by atoms with van der Waals surface area (Å²) in [6, 6.07) is 2.88. The molecule has 3 amide bonds. The van der Waals surface area contributed by atoms with Crippen LogP contribution in [0.25, 0.3) is 0 Å². The Bertz CT molecular complexity index is 445. The Hall–Kier alpha value is -1.98. The van der Waals surface area contributed by atoms with Crippen LogP contribution in [0.2, 0.25) is 0 Å². The second-order valence-corrected chi connectivity index (χ2v) is 5.14. The highest BCUT2D eigenvalue weighted by Gasteiger charge is 2.22. The topological polar surface area (TPSA) is 83.4 Å². The van der Waals surface area contributed by atoms with Crippen molar-refractivity contribution >= 4 is 11.9 Å². The predicted molar refractivity (Wildman–Crippen MR) is 74.2 cm³/mol. The van der Waals surface area contributed by atoms with Crippen LogP contribution in [0.15, 0.2) is 22.8 Å². The summed E-state index contributed by atoms with van der Waals surface area (Å²) in [4.78, 5) is 23.6. The molecule has 1 aromatic rings. The maximum Gasteiger partial charge on any atom is 0.315 e. The van der Waals surface area contributed by atoms with E-state index in [-0.39, 0.29) is 18.0 Å². The molecule has 1 aliphatic heterocycles. The largest absolute Gasteiger partial charge is 0.469 e. The highest BCUT2D eigenvalue weighted by atomic mass is 16.3. The molecule has 0 saturated carbocycles. The molecule has 0 unspecified atom stereocenters. The molecule has 6 nitrogen and oxygen atoms in total. The molecule has 0 aliphatic carbocycles. The zero-order chi connectivity index (χ0) is 14.4. The van der Waals surface area contributed by atoms with Crippen molar-refractivity contribution in [2.24, 2.45) is 0 Å². The zero-order valence-electron chi connectivity index (χ0n) is 11.6. The van der Waals surface area contributed by atoms with Crippen LogP contribution in [-0.2, 0) is 11.2 Å². The van der Waals surface area contributed by atoms with Gasteiger partial charge in [-0.15, -0.1) is 0 Å². The third-order valence-electron chi connectivity index (χ3n) is 3.31. The summed E-state index contributed by atoms with van der Waals surface area (Å²) in [5, 5.41) is 8.34. The number of urea groups is 1. The summed E-state index contributed by atoms with van der Waals surface area (Å²) in [6.07, 6.45) is 4.81. The van der Waals surface area contributed by atoms with Crippen LogP contribution >= 0.6 is 0 Å². The normalized spacial score (nSPS) is 20.6. The van der Waals surface area contributed by atoms with E-state index in [1.807, 2.05) is 19.1 Å². The van der Waals surface area contributed by atoms with Gasteiger partial charge in [0.05, 0.1) is 6.26 Å². The third kappa shape index (κ3) is 4.29. The number of furan rings is 1. The first-order valence-corrected chi connectivity index (χ1v) is 7.02. The molecule has 1 aromatic heterocycles. The molecular weight excluding hydrogens is 258 g/mol. The minimum absolute atomic E-state index is 0.0602. The number of carbonyl (C=O) groups is 2. The quantitative estimate of drug-likeness (QED) is 0.774. The van der Waals surface area contributed by atoms with E-state index in [0.29, 0.717) is 19.4 Å². The lowest BCUT2D eigenvalue weighted by Gasteiger charge is -2.18. The van der Waals surface area contributed by atoms with E-state index < -0.39 is 6.04 Å². The summed E-state index contributed by atoms with van der Waals surface area (Å²) < 4.78 is 5.23. The van der Waals surface area contributed by atoms with Gasteiger partial charge < -0.3 is 20.4 Å². The summed E-state index contributed by atoms with van der Waals surface area (Å²) in [5.41, 5.74) is 0. The molecule has 20 heavy (non-hydrogen) atoms. The summed E-state index contributed by atoms with van der Waals surface area (Å²) in [7, 11) is 0. The minimum atomic E-state index is -0.437. The summed E-state index contributed by atoms with van der Waals surface area (Å²) >= 11 is 0. The van der Waals surface area contributed by atoms with Gasteiger partial charge in [-0.2, -0.15) is 0 Å². The lowest BCUT2D eigenvalue weighted by atomic mass is 10.1. The van der Waals surface area contributed by atoms with Crippen molar-refractivity contribution in [2.45, 2.75) is 44.7 Å². The van der Waals surface area contributed by atoms with E-state index >= 15 is 0 Å². The van der Waals surface area contributed by atoms with Gasteiger partial charge in [0.25, 0.3) is 0 Å². The third-order valence-corrected chi connectivity index (χ3v) is 3.31. The number of carbonyl (C=O) groups excluding carboxylic acids is 2. The Morgan fingerprint density at radius 2 is 2.40 bits per heavy atom. The van der Waals surface area contributed by atoms with Crippen molar-refractivity contribution in [3.05, 3.63) is 24.2 Å². The van der Waals surface area contributed by atoms with Crippen LogP contribution in [0, 0.1) is 0 Å². The van der Waals surface area contributed by atoms with Gasteiger partial charge in [0, 0.05) is 19.0 Å². The van der Waals surface area contributed by atoms with Crippen LogP contribution in [0.3, 0.4) is 0 Å². The van der Waals surface area contributed by atoms with Crippen molar-refractivity contribution < 1.29 is 14.0 Å². The maximum absolute atomic E-state index is 11.9. The predicted octanol–water partition coefficient (Wildman–Crippen LogP) is 1.18. The lowest BCUT2D eigenvalue weighted by molar-refractivity contribution is -0.122. The lowest BCUT2D eigenvalue weighted by Crippen LogP contribution is -2.51.